The lowest BCUT2D eigenvalue weighted by Gasteiger charge is -2.33. The van der Waals surface area contributed by atoms with E-state index in [4.69, 9.17) is 11.6 Å². The number of urea groups is 1. The van der Waals surface area contributed by atoms with Crippen molar-refractivity contribution in [1.29, 1.82) is 0 Å². The highest BCUT2D eigenvalue weighted by atomic mass is 35.5. The third-order valence-corrected chi connectivity index (χ3v) is 4.85. The van der Waals surface area contributed by atoms with Crippen molar-refractivity contribution in [2.24, 2.45) is 5.92 Å². The molecule has 1 fully saturated rings. The van der Waals surface area contributed by atoms with Gasteiger partial charge in [0.05, 0.1) is 11.4 Å². The first-order chi connectivity index (χ1) is 12.5. The molecule has 26 heavy (non-hydrogen) atoms. The van der Waals surface area contributed by atoms with Crippen molar-refractivity contribution in [3.05, 3.63) is 47.7 Å². The zero-order valence-electron chi connectivity index (χ0n) is 15.0. The van der Waals surface area contributed by atoms with Crippen molar-refractivity contribution in [1.82, 2.24) is 14.4 Å². The fourth-order valence-electron chi connectivity index (χ4n) is 3.17. The molecule has 3 rings (SSSR count). The molecule has 1 aliphatic rings. The Kier molecular flexibility index (Phi) is 5.52. The van der Waals surface area contributed by atoms with Gasteiger partial charge in [-0.05, 0) is 43.2 Å². The predicted octanol–water partition coefficient (Wildman–Crippen LogP) is 3.46. The van der Waals surface area contributed by atoms with Crippen LogP contribution in [0.4, 0.5) is 10.5 Å². The van der Waals surface area contributed by atoms with Crippen LogP contribution in [-0.4, -0.2) is 53.5 Å². The molecule has 0 atom stereocenters. The number of hydrogen-bond acceptors (Lipinski definition) is 2. The second-order valence-corrected chi connectivity index (χ2v) is 7.12. The number of benzene rings is 1. The lowest BCUT2D eigenvalue weighted by molar-refractivity contribution is -0.121. The Hall–Kier alpha value is -2.47. The molecule has 2 heterocycles. The van der Waals surface area contributed by atoms with Crippen LogP contribution in [0.2, 0.25) is 5.02 Å². The zero-order chi connectivity index (χ0) is 18.7. The predicted molar refractivity (Wildman–Crippen MR) is 103 cm³/mol. The Morgan fingerprint density at radius 1 is 1.15 bits per heavy atom. The number of hydrogen-bond donors (Lipinski definition) is 1. The summed E-state index contributed by atoms with van der Waals surface area (Å²) in [7, 11) is 3.48. The second kappa shape index (κ2) is 7.83. The molecule has 3 amide bonds. The summed E-state index contributed by atoms with van der Waals surface area (Å²) in [5.41, 5.74) is 1.55. The second-order valence-electron chi connectivity index (χ2n) is 6.68. The quantitative estimate of drug-likeness (QED) is 0.894. The van der Waals surface area contributed by atoms with E-state index in [9.17, 15) is 9.59 Å². The number of nitrogens with one attached hydrogen (secondary N) is 1. The normalized spacial score (nSPS) is 15.0. The van der Waals surface area contributed by atoms with Crippen LogP contribution in [0.15, 0.2) is 42.7 Å². The third kappa shape index (κ3) is 4.02. The number of carbonyl (C=O) groups is 2. The van der Waals surface area contributed by atoms with Crippen LogP contribution in [0.1, 0.15) is 12.8 Å². The molecule has 6 nitrogen and oxygen atoms in total. The summed E-state index contributed by atoms with van der Waals surface area (Å²) in [5, 5.41) is 3.64. The molecule has 0 unspecified atom stereocenters. The smallest absolute Gasteiger partial charge is 0.319 e. The van der Waals surface area contributed by atoms with E-state index in [0.717, 1.165) is 11.4 Å². The molecule has 1 aliphatic heterocycles. The van der Waals surface area contributed by atoms with Crippen molar-refractivity contribution < 1.29 is 9.59 Å². The summed E-state index contributed by atoms with van der Waals surface area (Å²) in [4.78, 5) is 28.1. The maximum atomic E-state index is 12.7. The maximum Gasteiger partial charge on any atom is 0.319 e. The standard InChI is InChI=1S/C19H23ClN4O2/c1-22(2)19(26)24-11-7-14(8-12-24)18(25)21-16-6-5-15(20)13-17(16)23-9-3-4-10-23/h3-6,9-10,13-14H,7-8,11-12H2,1-2H3,(H,21,25). The number of nitrogens with zero attached hydrogens (tertiary/aromatic N) is 3. The van der Waals surface area contributed by atoms with Gasteiger partial charge in [-0.2, -0.15) is 0 Å². The third-order valence-electron chi connectivity index (χ3n) is 4.62. The highest BCUT2D eigenvalue weighted by Crippen LogP contribution is 2.27. The first-order valence-corrected chi connectivity index (χ1v) is 9.03. The minimum atomic E-state index is -0.102. The molecular formula is C19H23ClN4O2. The minimum Gasteiger partial charge on any atom is -0.331 e. The van der Waals surface area contributed by atoms with Gasteiger partial charge in [-0.25, -0.2) is 4.79 Å². The summed E-state index contributed by atoms with van der Waals surface area (Å²) in [6.07, 6.45) is 5.15. The zero-order valence-corrected chi connectivity index (χ0v) is 15.7. The van der Waals surface area contributed by atoms with E-state index in [1.807, 2.05) is 41.2 Å². The van der Waals surface area contributed by atoms with Gasteiger partial charge in [-0.15, -0.1) is 0 Å². The molecule has 1 N–H and O–H groups in total. The average molecular weight is 375 g/mol. The van der Waals surface area contributed by atoms with Gasteiger partial charge in [-0.3, -0.25) is 4.79 Å². The number of amides is 3. The number of rotatable bonds is 3. The SMILES string of the molecule is CN(C)C(=O)N1CCC(C(=O)Nc2ccc(Cl)cc2-n2cccc2)CC1. The molecule has 138 valence electrons. The van der Waals surface area contributed by atoms with E-state index >= 15 is 0 Å². The highest BCUT2D eigenvalue weighted by Gasteiger charge is 2.28. The lowest BCUT2D eigenvalue weighted by atomic mass is 9.96. The summed E-state index contributed by atoms with van der Waals surface area (Å²) in [6, 6.07) is 9.25. The van der Waals surface area contributed by atoms with Gasteiger partial charge >= 0.3 is 6.03 Å². The van der Waals surface area contributed by atoms with Crippen molar-refractivity contribution in [2.75, 3.05) is 32.5 Å². The van der Waals surface area contributed by atoms with Crippen molar-refractivity contribution in [3.8, 4) is 5.69 Å². The number of aromatic nitrogens is 1. The molecule has 0 saturated carbocycles. The number of carbonyl (C=O) groups excluding carboxylic acids is 2. The van der Waals surface area contributed by atoms with Crippen LogP contribution in [0, 0.1) is 5.92 Å². The molecule has 1 aromatic carbocycles. The number of halogens is 1. The molecule has 0 radical (unpaired) electrons. The Bertz CT molecular complexity index is 781. The first-order valence-electron chi connectivity index (χ1n) is 8.65. The minimum absolute atomic E-state index is 0.00328. The van der Waals surface area contributed by atoms with Crippen LogP contribution in [0.25, 0.3) is 5.69 Å². The molecule has 0 aliphatic carbocycles. The molecular weight excluding hydrogens is 352 g/mol. The van der Waals surface area contributed by atoms with Gasteiger partial charge in [0, 0.05) is 50.5 Å². The van der Waals surface area contributed by atoms with Crippen molar-refractivity contribution in [2.45, 2.75) is 12.8 Å². The van der Waals surface area contributed by atoms with E-state index in [2.05, 4.69) is 5.32 Å². The molecule has 0 spiro atoms. The summed E-state index contributed by atoms with van der Waals surface area (Å²) < 4.78 is 1.92. The van der Waals surface area contributed by atoms with Crippen LogP contribution in [0.3, 0.4) is 0 Å². The average Bonchev–Trinajstić information content (AvgIpc) is 3.17. The lowest BCUT2D eigenvalue weighted by Crippen LogP contribution is -2.45. The molecule has 0 bridgehead atoms. The fourth-order valence-corrected chi connectivity index (χ4v) is 3.34. The fraction of sp³-hybridized carbons (Fsp3) is 0.368. The number of likely N-dealkylation sites (tertiary alicyclic amines) is 1. The van der Waals surface area contributed by atoms with Crippen LogP contribution in [0.5, 0.6) is 0 Å². The van der Waals surface area contributed by atoms with E-state index in [-0.39, 0.29) is 17.9 Å². The Labute approximate surface area is 158 Å². The van der Waals surface area contributed by atoms with Crippen molar-refractivity contribution in [3.63, 3.8) is 0 Å². The Morgan fingerprint density at radius 3 is 2.42 bits per heavy atom. The van der Waals surface area contributed by atoms with E-state index < -0.39 is 0 Å². The molecule has 1 aromatic heterocycles. The van der Waals surface area contributed by atoms with E-state index in [1.165, 1.54) is 0 Å². The van der Waals surface area contributed by atoms with Crippen LogP contribution < -0.4 is 5.32 Å². The molecule has 7 heteroatoms. The van der Waals surface area contributed by atoms with E-state index in [0.29, 0.717) is 31.0 Å². The monoisotopic (exact) mass is 374 g/mol. The summed E-state index contributed by atoms with van der Waals surface area (Å²) >= 11 is 6.12. The Morgan fingerprint density at radius 2 is 1.81 bits per heavy atom. The first kappa shape index (κ1) is 18.3. The van der Waals surface area contributed by atoms with Crippen LogP contribution in [-0.2, 0) is 4.79 Å². The van der Waals surface area contributed by atoms with Gasteiger partial charge in [0.15, 0.2) is 0 Å². The van der Waals surface area contributed by atoms with Gasteiger partial charge in [0.1, 0.15) is 0 Å². The highest BCUT2D eigenvalue weighted by molar-refractivity contribution is 6.31. The van der Waals surface area contributed by atoms with E-state index in [1.54, 1.807) is 30.0 Å². The molecule has 1 saturated heterocycles. The van der Waals surface area contributed by atoms with Gasteiger partial charge in [0.2, 0.25) is 5.91 Å². The molecule has 2 aromatic rings. The largest absolute Gasteiger partial charge is 0.331 e. The van der Waals surface area contributed by atoms with Crippen LogP contribution >= 0.6 is 11.6 Å². The van der Waals surface area contributed by atoms with Gasteiger partial charge < -0.3 is 19.7 Å². The number of anilines is 1. The van der Waals surface area contributed by atoms with Gasteiger partial charge in [0.25, 0.3) is 0 Å². The summed E-state index contributed by atoms with van der Waals surface area (Å²) in [6.45, 7) is 1.19. The summed E-state index contributed by atoms with van der Waals surface area (Å²) in [5.74, 6) is -0.118. The Balaban J connectivity index is 1.67. The van der Waals surface area contributed by atoms with Gasteiger partial charge in [-0.1, -0.05) is 11.6 Å². The number of piperidine rings is 1. The maximum absolute atomic E-state index is 12.7. The topological polar surface area (TPSA) is 57.6 Å². The van der Waals surface area contributed by atoms with Crippen molar-refractivity contribution >= 4 is 29.2 Å².